The molecule has 2 aromatic rings. The van der Waals surface area contributed by atoms with E-state index >= 15 is 0 Å². The van der Waals surface area contributed by atoms with Crippen LogP contribution in [0.5, 0.6) is 0 Å². The van der Waals surface area contributed by atoms with Crippen molar-refractivity contribution in [1.82, 2.24) is 15.2 Å². The van der Waals surface area contributed by atoms with Crippen LogP contribution in [0.2, 0.25) is 0 Å². The average molecular weight is 323 g/mol. The maximum absolute atomic E-state index is 12.6. The lowest BCUT2D eigenvalue weighted by Gasteiger charge is -2.35. The Morgan fingerprint density at radius 3 is 2.71 bits per heavy atom. The van der Waals surface area contributed by atoms with Gasteiger partial charge in [-0.05, 0) is 29.2 Å². The molecule has 1 N–H and O–H groups in total. The summed E-state index contributed by atoms with van der Waals surface area (Å²) in [5, 5.41) is 2.96. The molecule has 124 valence electrons. The van der Waals surface area contributed by atoms with Crippen molar-refractivity contribution in [3.8, 4) is 0 Å². The number of benzene rings is 1. The molecule has 0 saturated heterocycles. The number of rotatable bonds is 4. The smallest absolute Gasteiger partial charge is 0.243 e. The van der Waals surface area contributed by atoms with Crippen LogP contribution in [0.4, 0.5) is 0 Å². The van der Waals surface area contributed by atoms with Gasteiger partial charge in [-0.2, -0.15) is 0 Å². The molecule has 0 bridgehead atoms. The topological polar surface area (TPSA) is 62.3 Å². The first kappa shape index (κ1) is 16.2. The van der Waals surface area contributed by atoms with E-state index in [0.717, 1.165) is 23.1 Å². The molecule has 2 heterocycles. The van der Waals surface area contributed by atoms with E-state index in [1.165, 1.54) is 6.92 Å². The lowest BCUT2D eigenvalue weighted by atomic mass is 9.93. The van der Waals surface area contributed by atoms with Crippen LogP contribution in [0, 0.1) is 0 Å². The zero-order valence-electron chi connectivity index (χ0n) is 13.7. The molecule has 0 aliphatic carbocycles. The van der Waals surface area contributed by atoms with Crippen molar-refractivity contribution in [1.29, 1.82) is 0 Å². The van der Waals surface area contributed by atoms with Gasteiger partial charge in [-0.3, -0.25) is 14.6 Å². The number of nitrogens with one attached hydrogen (secondary N) is 1. The van der Waals surface area contributed by atoms with E-state index in [1.807, 2.05) is 36.4 Å². The zero-order chi connectivity index (χ0) is 16.9. The zero-order valence-corrected chi connectivity index (χ0v) is 13.7. The second-order valence-electron chi connectivity index (χ2n) is 6.04. The summed E-state index contributed by atoms with van der Waals surface area (Å²) in [5.41, 5.74) is 3.34. The van der Waals surface area contributed by atoms with E-state index in [9.17, 15) is 9.59 Å². The second-order valence-corrected chi connectivity index (χ2v) is 6.04. The Labute approximate surface area is 141 Å². The van der Waals surface area contributed by atoms with Gasteiger partial charge < -0.3 is 10.2 Å². The summed E-state index contributed by atoms with van der Waals surface area (Å²) in [4.78, 5) is 30.3. The molecule has 5 nitrogen and oxygen atoms in total. The van der Waals surface area contributed by atoms with Crippen LogP contribution in [0.15, 0.2) is 48.8 Å². The molecular formula is C19H21N3O2. The third-order valence-electron chi connectivity index (χ3n) is 4.39. The van der Waals surface area contributed by atoms with E-state index in [2.05, 4.69) is 10.3 Å². The lowest BCUT2D eigenvalue weighted by molar-refractivity contribution is -0.140. The van der Waals surface area contributed by atoms with Crippen LogP contribution in [0.3, 0.4) is 0 Å². The van der Waals surface area contributed by atoms with E-state index in [1.54, 1.807) is 17.3 Å². The Balaban J connectivity index is 1.65. The molecule has 1 aliphatic rings. The summed E-state index contributed by atoms with van der Waals surface area (Å²) in [7, 11) is 0. The standard InChI is InChI=1S/C19H21N3O2/c1-14(23)22-13-17-7-3-2-6-16(17)11-18(22)19(24)21-10-8-15-5-4-9-20-12-15/h2-7,9,12,18H,8,10-11,13H2,1H3,(H,21,24)/t18-/m0/s1. The fraction of sp³-hybridized carbons (Fsp3) is 0.316. The number of amides is 2. The molecule has 3 rings (SSSR count). The number of hydrogen-bond donors (Lipinski definition) is 1. The Hall–Kier alpha value is -2.69. The number of carbonyl (C=O) groups excluding carboxylic acids is 2. The van der Waals surface area contributed by atoms with Gasteiger partial charge in [0.15, 0.2) is 0 Å². The third-order valence-corrected chi connectivity index (χ3v) is 4.39. The van der Waals surface area contributed by atoms with Crippen LogP contribution in [0.1, 0.15) is 23.6 Å². The van der Waals surface area contributed by atoms with Gasteiger partial charge in [-0.1, -0.05) is 30.3 Å². The van der Waals surface area contributed by atoms with Crippen LogP contribution < -0.4 is 5.32 Å². The molecule has 0 spiro atoms. The Morgan fingerprint density at radius 1 is 1.21 bits per heavy atom. The molecular weight excluding hydrogens is 302 g/mol. The summed E-state index contributed by atoms with van der Waals surface area (Å²) >= 11 is 0. The molecule has 2 amide bonds. The van der Waals surface area contributed by atoms with Gasteiger partial charge in [-0.25, -0.2) is 0 Å². The fourth-order valence-corrected chi connectivity index (χ4v) is 3.08. The molecule has 1 aromatic heterocycles. The lowest BCUT2D eigenvalue weighted by Crippen LogP contribution is -2.52. The van der Waals surface area contributed by atoms with Gasteiger partial charge in [-0.15, -0.1) is 0 Å². The quantitative estimate of drug-likeness (QED) is 0.932. The van der Waals surface area contributed by atoms with Crippen LogP contribution in [0.25, 0.3) is 0 Å². The number of pyridine rings is 1. The maximum atomic E-state index is 12.6. The number of carbonyl (C=O) groups is 2. The van der Waals surface area contributed by atoms with Gasteiger partial charge in [0.05, 0.1) is 0 Å². The molecule has 5 heteroatoms. The van der Waals surface area contributed by atoms with Crippen molar-refractivity contribution in [2.45, 2.75) is 32.4 Å². The highest BCUT2D eigenvalue weighted by atomic mass is 16.2. The third kappa shape index (κ3) is 3.62. The number of aromatic nitrogens is 1. The predicted molar refractivity (Wildman–Crippen MR) is 91.1 cm³/mol. The predicted octanol–water partition coefficient (Wildman–Crippen LogP) is 1.71. The highest BCUT2D eigenvalue weighted by Crippen LogP contribution is 2.23. The second kappa shape index (κ2) is 7.25. The first-order valence-corrected chi connectivity index (χ1v) is 8.16. The van der Waals surface area contributed by atoms with Gasteiger partial charge in [0.1, 0.15) is 6.04 Å². The fourth-order valence-electron chi connectivity index (χ4n) is 3.08. The van der Waals surface area contributed by atoms with Gasteiger partial charge in [0.2, 0.25) is 11.8 Å². The summed E-state index contributed by atoms with van der Waals surface area (Å²) in [5.74, 6) is -0.166. The number of fused-ring (bicyclic) bond motifs is 1. The van der Waals surface area contributed by atoms with Crippen molar-refractivity contribution < 1.29 is 9.59 Å². The minimum Gasteiger partial charge on any atom is -0.354 e. The molecule has 1 atom stereocenters. The summed E-state index contributed by atoms with van der Waals surface area (Å²) in [6, 6.07) is 11.4. The van der Waals surface area contributed by atoms with Crippen molar-refractivity contribution in [3.05, 3.63) is 65.5 Å². The SMILES string of the molecule is CC(=O)N1Cc2ccccc2C[C@H]1C(=O)NCCc1cccnc1. The Kier molecular flexibility index (Phi) is 4.89. The van der Waals surface area contributed by atoms with Gasteiger partial charge in [0.25, 0.3) is 0 Å². The molecule has 24 heavy (non-hydrogen) atoms. The molecule has 1 aliphatic heterocycles. The first-order chi connectivity index (χ1) is 11.6. The van der Waals surface area contributed by atoms with Crippen LogP contribution in [-0.2, 0) is 29.0 Å². The molecule has 0 saturated carbocycles. The first-order valence-electron chi connectivity index (χ1n) is 8.16. The summed E-state index contributed by atoms with van der Waals surface area (Å²) in [6.07, 6.45) is 4.81. The number of hydrogen-bond acceptors (Lipinski definition) is 3. The highest BCUT2D eigenvalue weighted by molar-refractivity contribution is 5.87. The largest absolute Gasteiger partial charge is 0.354 e. The Morgan fingerprint density at radius 2 is 2.00 bits per heavy atom. The monoisotopic (exact) mass is 323 g/mol. The van der Waals surface area contributed by atoms with Gasteiger partial charge >= 0.3 is 0 Å². The molecule has 0 fully saturated rings. The highest BCUT2D eigenvalue weighted by Gasteiger charge is 2.32. The van der Waals surface area contributed by atoms with E-state index < -0.39 is 6.04 Å². The van der Waals surface area contributed by atoms with E-state index in [-0.39, 0.29) is 11.8 Å². The normalized spacial score (nSPS) is 16.4. The van der Waals surface area contributed by atoms with Crippen molar-refractivity contribution >= 4 is 11.8 Å². The van der Waals surface area contributed by atoms with Crippen LogP contribution >= 0.6 is 0 Å². The summed E-state index contributed by atoms with van der Waals surface area (Å²) in [6.45, 7) is 2.55. The van der Waals surface area contributed by atoms with Crippen molar-refractivity contribution in [2.24, 2.45) is 0 Å². The average Bonchev–Trinajstić information content (AvgIpc) is 2.61. The minimum atomic E-state index is -0.439. The van der Waals surface area contributed by atoms with E-state index in [4.69, 9.17) is 0 Å². The van der Waals surface area contributed by atoms with E-state index in [0.29, 0.717) is 19.5 Å². The molecule has 0 unspecified atom stereocenters. The van der Waals surface area contributed by atoms with Gasteiger partial charge in [0, 0.05) is 38.8 Å². The maximum Gasteiger partial charge on any atom is 0.243 e. The Bertz CT molecular complexity index is 730. The minimum absolute atomic E-state index is 0.0723. The number of nitrogens with zero attached hydrogens (tertiary/aromatic N) is 2. The summed E-state index contributed by atoms with van der Waals surface area (Å²) < 4.78 is 0. The molecule has 0 radical (unpaired) electrons. The van der Waals surface area contributed by atoms with Crippen LogP contribution in [-0.4, -0.2) is 34.3 Å². The van der Waals surface area contributed by atoms with Crippen molar-refractivity contribution in [2.75, 3.05) is 6.54 Å². The van der Waals surface area contributed by atoms with Crippen molar-refractivity contribution in [3.63, 3.8) is 0 Å². The molecule has 1 aromatic carbocycles.